The van der Waals surface area contributed by atoms with Crippen LogP contribution in [-0.4, -0.2) is 345 Å². The molecule has 0 aromatic heterocycles. The van der Waals surface area contributed by atoms with Gasteiger partial charge in [0.2, 0.25) is 0 Å². The Labute approximate surface area is 554 Å². The van der Waals surface area contributed by atoms with Gasteiger partial charge in [-0.1, -0.05) is 27.7 Å². The molecule has 12 aliphatic rings. The summed E-state index contributed by atoms with van der Waals surface area (Å²) in [5.41, 5.74) is -0.198. The van der Waals surface area contributed by atoms with E-state index < -0.39 is 235 Å². The molecule has 0 amide bonds. The van der Waals surface area contributed by atoms with E-state index in [1.807, 2.05) is 0 Å². The van der Waals surface area contributed by atoms with Crippen LogP contribution in [0.2, 0.25) is 0 Å². The van der Waals surface area contributed by atoms with Gasteiger partial charge in [0.1, 0.15) is 140 Å². The summed E-state index contributed by atoms with van der Waals surface area (Å²) >= 11 is 0. The molecule has 554 valence electrons. The maximum absolute atomic E-state index is 12.2. The summed E-state index contributed by atoms with van der Waals surface area (Å²) in [5.74, 6) is 1.87. The lowest BCUT2D eigenvalue weighted by Gasteiger charge is -2.62. The van der Waals surface area contributed by atoms with Crippen LogP contribution in [0.15, 0.2) is 0 Å². The Bertz CT molecular complexity index is 2540. The molecular formula is C63H104O33. The topological polar surface area (TPSA) is 514 Å². The molecule has 12 fully saturated rings. The van der Waals surface area contributed by atoms with Crippen molar-refractivity contribution in [2.75, 3.05) is 39.6 Å². The zero-order valence-corrected chi connectivity index (χ0v) is 54.4. The van der Waals surface area contributed by atoms with Crippen LogP contribution in [-0.2, 0) is 66.3 Å². The average molecular weight is 1390 g/mol. The molecular weight excluding hydrogens is 1280 g/mol. The zero-order chi connectivity index (χ0) is 69.1. The minimum atomic E-state index is -2.30. The molecule has 0 aromatic carbocycles. The van der Waals surface area contributed by atoms with E-state index in [0.29, 0.717) is 49.0 Å². The second-order valence-electron chi connectivity index (χ2n) is 30.1. The number of aliphatic hydroxyl groups excluding tert-OH is 19. The van der Waals surface area contributed by atoms with E-state index in [-0.39, 0.29) is 28.8 Å². The highest BCUT2D eigenvalue weighted by Crippen LogP contribution is 2.71. The van der Waals surface area contributed by atoms with Crippen LogP contribution in [0.3, 0.4) is 0 Å². The quantitative estimate of drug-likeness (QED) is 0.0602. The summed E-state index contributed by atoms with van der Waals surface area (Å²) in [7, 11) is 0. The summed E-state index contributed by atoms with van der Waals surface area (Å²) in [5, 5.41) is 211. The van der Waals surface area contributed by atoms with Crippen molar-refractivity contribution in [2.45, 2.75) is 301 Å². The predicted molar refractivity (Wildman–Crippen MR) is 314 cm³/mol. The van der Waals surface area contributed by atoms with Crippen molar-refractivity contribution in [1.29, 1.82) is 0 Å². The second kappa shape index (κ2) is 29.3. The second-order valence-corrected chi connectivity index (χ2v) is 30.1. The van der Waals surface area contributed by atoms with Crippen LogP contribution in [0, 0.1) is 52.3 Å². The first-order valence-electron chi connectivity index (χ1n) is 34.3. The molecule has 8 aliphatic heterocycles. The largest absolute Gasteiger partial charge is 0.394 e. The first-order valence-corrected chi connectivity index (χ1v) is 34.3. The monoisotopic (exact) mass is 1390 g/mol. The van der Waals surface area contributed by atoms with Crippen LogP contribution < -0.4 is 0 Å². The number of hydrogen-bond donors (Lipinski definition) is 19. The minimum absolute atomic E-state index is 0.0714. The van der Waals surface area contributed by atoms with Gasteiger partial charge in [-0.05, 0) is 105 Å². The molecule has 0 aromatic rings. The fraction of sp³-hybridized carbons (Fsp3) is 1.00. The minimum Gasteiger partial charge on any atom is -0.394 e. The van der Waals surface area contributed by atoms with Crippen molar-refractivity contribution in [3.05, 3.63) is 0 Å². The molecule has 4 aliphatic carbocycles. The molecule has 4 saturated carbocycles. The van der Waals surface area contributed by atoms with Crippen LogP contribution in [0.5, 0.6) is 0 Å². The number of fused-ring (bicyclic) bond motifs is 7. The smallest absolute Gasteiger partial charge is 0.187 e. The molecule has 43 atom stereocenters. The van der Waals surface area contributed by atoms with Crippen LogP contribution >= 0.6 is 0 Å². The third-order valence-electron chi connectivity index (χ3n) is 24.6. The zero-order valence-electron chi connectivity index (χ0n) is 54.4. The van der Waals surface area contributed by atoms with Gasteiger partial charge in [0, 0.05) is 12.3 Å². The number of ether oxygens (including phenoxy) is 14. The van der Waals surface area contributed by atoms with Gasteiger partial charge >= 0.3 is 0 Å². The van der Waals surface area contributed by atoms with Crippen molar-refractivity contribution in [3.8, 4) is 0 Å². The lowest BCUT2D eigenvalue weighted by Crippen LogP contribution is -2.69. The standard InChI is InChI=1S/C63H104O33/c1-21-8-11-63(83-20-21)22(2)36-30(96-63)13-27-25-7-6-24-12-29(28(69)14-62(24,5)26(25)9-10-61(27,36)4)85-56-47(80)43(76)51(35(19-68)89-56)92-60-54(95-59-49(82)52(39(72)32(16-65)87-59)93-57-46(79)42(75)38(71)31(15-64)86-57)53(40(73)33(17-66)88-60)94-58-48(81)44(77)50(34(18-67)90-58)91-55-45(78)41(74)37(70)23(3)84-55/h21-60,64-82H,6-20H2,1-5H3. The Morgan fingerprint density at radius 1 is 0.396 bits per heavy atom. The summed E-state index contributed by atoms with van der Waals surface area (Å²) in [6.07, 6.45) is -52.2. The molecule has 33 nitrogen and oxygen atoms in total. The first kappa shape index (κ1) is 74.4. The van der Waals surface area contributed by atoms with Gasteiger partial charge in [0.15, 0.2) is 43.5 Å². The Hall–Kier alpha value is -1.32. The molecule has 0 bridgehead atoms. The van der Waals surface area contributed by atoms with E-state index >= 15 is 0 Å². The Morgan fingerprint density at radius 3 is 1.46 bits per heavy atom. The van der Waals surface area contributed by atoms with E-state index in [4.69, 9.17) is 66.3 Å². The molecule has 0 radical (unpaired) electrons. The van der Waals surface area contributed by atoms with Crippen molar-refractivity contribution in [3.63, 3.8) is 0 Å². The molecule has 43 unspecified atom stereocenters. The molecule has 19 N–H and O–H groups in total. The summed E-state index contributed by atoms with van der Waals surface area (Å²) in [6.45, 7) is 6.31. The molecule has 96 heavy (non-hydrogen) atoms. The van der Waals surface area contributed by atoms with Gasteiger partial charge in [-0.2, -0.15) is 0 Å². The molecule has 33 heteroatoms. The average Bonchev–Trinajstić information content (AvgIpc) is 1.50. The molecule has 1 spiro atoms. The van der Waals surface area contributed by atoms with E-state index in [0.717, 1.165) is 44.9 Å². The van der Waals surface area contributed by atoms with Crippen LogP contribution in [0.25, 0.3) is 0 Å². The van der Waals surface area contributed by atoms with E-state index in [1.165, 1.54) is 6.92 Å². The van der Waals surface area contributed by atoms with E-state index in [2.05, 4.69) is 27.7 Å². The first-order chi connectivity index (χ1) is 45.6. The van der Waals surface area contributed by atoms with Gasteiger partial charge in [-0.25, -0.2) is 0 Å². The Kier molecular flexibility index (Phi) is 22.7. The van der Waals surface area contributed by atoms with E-state index in [9.17, 15) is 97.0 Å². The lowest BCUT2D eigenvalue weighted by atomic mass is 9.44. The van der Waals surface area contributed by atoms with Gasteiger partial charge in [0.25, 0.3) is 0 Å². The summed E-state index contributed by atoms with van der Waals surface area (Å²) < 4.78 is 85.4. The van der Waals surface area contributed by atoms with Crippen molar-refractivity contribution in [1.82, 2.24) is 0 Å². The van der Waals surface area contributed by atoms with Crippen LogP contribution in [0.1, 0.15) is 92.4 Å². The SMILES string of the molecule is CC1CCC2(OC1)OC1CC3C4CCC5CC(OC6OC(CO)C(OC7OC(CO)C(O)C(OC8OC(CO)C(OC9OC(C)C(O)C(O)C9O)C(O)C8O)C7OC7OC(CO)C(O)C(OC8OC(CO)C(O)C(O)C8O)C7O)C(O)C6O)C(O)CC5(C)C4CCC3(C)C1C2C. The van der Waals surface area contributed by atoms with Crippen molar-refractivity contribution >= 4 is 0 Å². The Morgan fingerprint density at radius 2 is 0.875 bits per heavy atom. The lowest BCUT2D eigenvalue weighted by molar-refractivity contribution is -0.414. The molecule has 12 rings (SSSR count). The molecule has 8 heterocycles. The van der Waals surface area contributed by atoms with Crippen LogP contribution in [0.4, 0.5) is 0 Å². The summed E-state index contributed by atoms with van der Waals surface area (Å²) in [6, 6.07) is 0. The number of hydrogen-bond acceptors (Lipinski definition) is 33. The fourth-order valence-corrected chi connectivity index (χ4v) is 19.1. The van der Waals surface area contributed by atoms with Gasteiger partial charge in [-0.3, -0.25) is 0 Å². The highest BCUT2D eigenvalue weighted by atomic mass is 16.8. The highest BCUT2D eigenvalue weighted by Gasteiger charge is 2.70. The van der Waals surface area contributed by atoms with Gasteiger partial charge < -0.3 is 163 Å². The van der Waals surface area contributed by atoms with E-state index in [1.54, 1.807) is 0 Å². The maximum atomic E-state index is 12.2. The normalized spacial score (nSPS) is 57.6. The molecule has 8 saturated heterocycles. The Balaban J connectivity index is 0.770. The number of rotatable bonds is 17. The van der Waals surface area contributed by atoms with Gasteiger partial charge in [0.05, 0.1) is 64.1 Å². The predicted octanol–water partition coefficient (Wildman–Crippen LogP) is -7.26. The van der Waals surface area contributed by atoms with Gasteiger partial charge in [-0.15, -0.1) is 0 Å². The van der Waals surface area contributed by atoms with Crippen molar-refractivity contribution < 1.29 is 163 Å². The highest BCUT2D eigenvalue weighted by molar-refractivity contribution is 5.16. The van der Waals surface area contributed by atoms with Crippen molar-refractivity contribution in [2.24, 2.45) is 52.3 Å². The third kappa shape index (κ3) is 13.1. The fourth-order valence-electron chi connectivity index (χ4n) is 19.1. The number of aliphatic hydroxyl groups is 19. The third-order valence-corrected chi connectivity index (χ3v) is 24.6. The maximum Gasteiger partial charge on any atom is 0.187 e. The summed E-state index contributed by atoms with van der Waals surface area (Å²) in [4.78, 5) is 0.